The first-order valence-corrected chi connectivity index (χ1v) is 16.1. The predicted molar refractivity (Wildman–Crippen MR) is 188 cm³/mol. The third kappa shape index (κ3) is 7.28. The number of thiazole rings is 1. The average Bonchev–Trinajstić information content (AvgIpc) is 3.47. The maximum atomic E-state index is 6.16. The Balaban J connectivity index is 1.30. The lowest BCUT2D eigenvalue weighted by Crippen LogP contribution is -2.14. The number of aryl methyl sites for hydroxylation is 2. The minimum atomic E-state index is 0.489. The van der Waals surface area contributed by atoms with Crippen LogP contribution in [0.4, 0.5) is 5.00 Å². The van der Waals surface area contributed by atoms with E-state index in [-0.39, 0.29) is 0 Å². The molecular weight excluding hydrogens is 650 g/mol. The summed E-state index contributed by atoms with van der Waals surface area (Å²) in [7, 11) is 0. The molecule has 0 atom stereocenters. The van der Waals surface area contributed by atoms with Crippen LogP contribution in [0.15, 0.2) is 131 Å². The summed E-state index contributed by atoms with van der Waals surface area (Å²) in [5.41, 5.74) is 7.27. The third-order valence-electron chi connectivity index (χ3n) is 7.03. The smallest absolute Gasteiger partial charge is 0.133 e. The lowest BCUT2D eigenvalue weighted by molar-refractivity contribution is 0.482. The van der Waals surface area contributed by atoms with Crippen LogP contribution in [-0.2, 0) is 6.54 Å². The fourth-order valence-corrected chi connectivity index (χ4v) is 5.96. The summed E-state index contributed by atoms with van der Waals surface area (Å²) in [5, 5.41) is 6.28. The van der Waals surface area contributed by atoms with Gasteiger partial charge in [-0.3, -0.25) is 4.99 Å². The van der Waals surface area contributed by atoms with Gasteiger partial charge in [-0.2, -0.15) is 0 Å². The van der Waals surface area contributed by atoms with Crippen molar-refractivity contribution in [2.75, 3.05) is 5.32 Å². The van der Waals surface area contributed by atoms with Crippen LogP contribution in [0.1, 0.15) is 22.3 Å². The van der Waals surface area contributed by atoms with Gasteiger partial charge in [-0.05, 0) is 67.4 Å². The number of ether oxygens (including phenoxy) is 1. The Kier molecular flexibility index (Phi) is 9.22. The SMILES string of the molecule is Cc1ccc(-c2nc(-c3ccccc3)sc2NC(=NCc2ccc(Oc3ccc(Cl)c(C)c3)cc2)c2ccc(Br)cc2)cc1. The molecule has 0 saturated heterocycles. The zero-order valence-corrected chi connectivity index (χ0v) is 27.4. The van der Waals surface area contributed by atoms with Crippen LogP contribution in [0.5, 0.6) is 11.5 Å². The zero-order chi connectivity index (χ0) is 30.5. The van der Waals surface area contributed by atoms with E-state index in [9.17, 15) is 0 Å². The number of nitrogens with zero attached hydrogens (tertiary/aromatic N) is 2. The molecule has 5 aromatic carbocycles. The molecular formula is C37H29BrClN3OS. The molecule has 4 nitrogen and oxygen atoms in total. The standard InChI is InChI=1S/C37H29BrClN3OS/c1-24-8-12-27(13-9-24)34-37(44-36(41-34)29-6-4-3-5-7-29)42-35(28-14-16-30(38)17-15-28)40-23-26-10-18-31(19-11-26)43-32-20-21-33(39)25(2)22-32/h3-22H,23H2,1-2H3,(H,40,42). The Morgan fingerprint density at radius 2 is 1.52 bits per heavy atom. The Bertz CT molecular complexity index is 1900. The fourth-order valence-electron chi connectivity index (χ4n) is 4.58. The number of hydrogen-bond acceptors (Lipinski definition) is 4. The van der Waals surface area contributed by atoms with Crippen LogP contribution in [0, 0.1) is 13.8 Å². The lowest BCUT2D eigenvalue weighted by Gasteiger charge is -2.12. The number of anilines is 1. The molecule has 44 heavy (non-hydrogen) atoms. The van der Waals surface area contributed by atoms with Gasteiger partial charge in [0.1, 0.15) is 33.0 Å². The van der Waals surface area contributed by atoms with Gasteiger partial charge in [0, 0.05) is 26.2 Å². The van der Waals surface area contributed by atoms with Crippen molar-refractivity contribution in [1.82, 2.24) is 4.98 Å². The number of aromatic nitrogens is 1. The Morgan fingerprint density at radius 3 is 2.23 bits per heavy atom. The van der Waals surface area contributed by atoms with E-state index in [4.69, 9.17) is 26.3 Å². The summed E-state index contributed by atoms with van der Waals surface area (Å²) in [6, 6.07) is 40.6. The first kappa shape index (κ1) is 29.8. The van der Waals surface area contributed by atoms with Gasteiger partial charge < -0.3 is 10.1 Å². The molecule has 1 heterocycles. The summed E-state index contributed by atoms with van der Waals surface area (Å²) in [6.45, 7) is 4.55. The highest BCUT2D eigenvalue weighted by Gasteiger charge is 2.17. The number of rotatable bonds is 8. The van der Waals surface area contributed by atoms with Crippen LogP contribution in [-0.4, -0.2) is 10.8 Å². The molecule has 0 unspecified atom stereocenters. The van der Waals surface area contributed by atoms with Gasteiger partial charge in [0.2, 0.25) is 0 Å². The molecule has 1 aromatic heterocycles. The molecule has 0 radical (unpaired) electrons. The summed E-state index contributed by atoms with van der Waals surface area (Å²) >= 11 is 11.4. The van der Waals surface area contributed by atoms with Crippen LogP contribution in [0.2, 0.25) is 5.02 Å². The molecule has 218 valence electrons. The van der Waals surface area contributed by atoms with Gasteiger partial charge in [-0.1, -0.05) is 123 Å². The van der Waals surface area contributed by atoms with Crippen molar-refractivity contribution in [2.24, 2.45) is 4.99 Å². The number of benzene rings is 5. The van der Waals surface area contributed by atoms with E-state index in [1.807, 2.05) is 79.7 Å². The van der Waals surface area contributed by atoms with Crippen LogP contribution in [0.25, 0.3) is 21.8 Å². The minimum absolute atomic E-state index is 0.489. The van der Waals surface area contributed by atoms with Crippen molar-refractivity contribution in [3.05, 3.63) is 153 Å². The van der Waals surface area contributed by atoms with Crippen molar-refractivity contribution < 1.29 is 4.74 Å². The van der Waals surface area contributed by atoms with E-state index >= 15 is 0 Å². The molecule has 0 bridgehead atoms. The van der Waals surface area contributed by atoms with Crippen molar-refractivity contribution in [3.63, 3.8) is 0 Å². The molecule has 0 aliphatic carbocycles. The van der Waals surface area contributed by atoms with E-state index in [0.29, 0.717) is 6.54 Å². The number of hydrogen-bond donors (Lipinski definition) is 1. The van der Waals surface area contributed by atoms with Crippen molar-refractivity contribution in [3.8, 4) is 33.3 Å². The normalized spacial score (nSPS) is 11.4. The molecule has 7 heteroatoms. The van der Waals surface area contributed by atoms with Crippen molar-refractivity contribution in [2.45, 2.75) is 20.4 Å². The first-order valence-electron chi connectivity index (χ1n) is 14.1. The lowest BCUT2D eigenvalue weighted by atomic mass is 10.1. The minimum Gasteiger partial charge on any atom is -0.457 e. The molecule has 6 rings (SSSR count). The number of halogens is 2. The molecule has 0 aliphatic rings. The molecule has 0 spiro atoms. The third-order valence-corrected chi connectivity index (χ3v) is 9.00. The first-order chi connectivity index (χ1) is 21.4. The highest BCUT2D eigenvalue weighted by Crippen LogP contribution is 2.38. The summed E-state index contributed by atoms with van der Waals surface area (Å²) in [5.74, 6) is 2.28. The van der Waals surface area contributed by atoms with E-state index in [1.54, 1.807) is 11.3 Å². The zero-order valence-electron chi connectivity index (χ0n) is 24.2. The van der Waals surface area contributed by atoms with Crippen LogP contribution < -0.4 is 10.1 Å². The highest BCUT2D eigenvalue weighted by molar-refractivity contribution is 9.10. The number of aliphatic imine (C=N–C) groups is 1. The molecule has 0 saturated carbocycles. The second-order valence-electron chi connectivity index (χ2n) is 10.4. The van der Waals surface area contributed by atoms with Gasteiger partial charge in [0.15, 0.2) is 0 Å². The van der Waals surface area contributed by atoms with Crippen LogP contribution >= 0.6 is 38.9 Å². The summed E-state index contributed by atoms with van der Waals surface area (Å²) in [4.78, 5) is 10.2. The fraction of sp³-hybridized carbons (Fsp3) is 0.0811. The molecule has 0 fully saturated rings. The number of nitrogens with one attached hydrogen (secondary N) is 1. The van der Waals surface area contributed by atoms with Gasteiger partial charge in [0.05, 0.1) is 6.54 Å². The predicted octanol–water partition coefficient (Wildman–Crippen LogP) is 11.4. The van der Waals surface area contributed by atoms with E-state index in [2.05, 4.69) is 76.7 Å². The Morgan fingerprint density at radius 1 is 0.818 bits per heavy atom. The topological polar surface area (TPSA) is 46.5 Å². The monoisotopic (exact) mass is 677 g/mol. The number of amidine groups is 1. The molecule has 1 N–H and O–H groups in total. The van der Waals surface area contributed by atoms with E-state index < -0.39 is 0 Å². The van der Waals surface area contributed by atoms with Gasteiger partial charge >= 0.3 is 0 Å². The average molecular weight is 679 g/mol. The van der Waals surface area contributed by atoms with Crippen molar-refractivity contribution >= 4 is 49.7 Å². The maximum Gasteiger partial charge on any atom is 0.133 e. The summed E-state index contributed by atoms with van der Waals surface area (Å²) < 4.78 is 7.05. The second-order valence-corrected chi connectivity index (χ2v) is 12.7. The van der Waals surface area contributed by atoms with E-state index in [1.165, 1.54) is 5.56 Å². The molecule has 0 amide bonds. The quantitative estimate of drug-likeness (QED) is 0.129. The Hall–Kier alpha value is -4.23. The highest BCUT2D eigenvalue weighted by atomic mass is 79.9. The van der Waals surface area contributed by atoms with Crippen molar-refractivity contribution in [1.29, 1.82) is 0 Å². The molecule has 6 aromatic rings. The largest absolute Gasteiger partial charge is 0.457 e. The summed E-state index contributed by atoms with van der Waals surface area (Å²) in [6.07, 6.45) is 0. The Labute approximate surface area is 275 Å². The van der Waals surface area contributed by atoms with Gasteiger partial charge in [0.25, 0.3) is 0 Å². The maximum absolute atomic E-state index is 6.16. The second kappa shape index (κ2) is 13.6. The molecule has 0 aliphatic heterocycles. The van der Waals surface area contributed by atoms with E-state index in [0.717, 1.165) is 70.3 Å². The van der Waals surface area contributed by atoms with Gasteiger partial charge in [-0.25, -0.2) is 4.98 Å². The van der Waals surface area contributed by atoms with Crippen LogP contribution in [0.3, 0.4) is 0 Å². The van der Waals surface area contributed by atoms with Gasteiger partial charge in [-0.15, -0.1) is 0 Å².